The lowest BCUT2D eigenvalue weighted by molar-refractivity contribution is 0.570. The number of hydrogen-bond acceptors (Lipinski definition) is 2. The highest BCUT2D eigenvalue weighted by Crippen LogP contribution is 2.25. The second-order valence-corrected chi connectivity index (χ2v) is 3.60. The van der Waals surface area contributed by atoms with Gasteiger partial charge in [-0.2, -0.15) is 0 Å². The topological polar surface area (TPSA) is 61.4 Å². The zero-order valence-electron chi connectivity index (χ0n) is 6.91. The molecule has 1 aliphatic rings. The summed E-state index contributed by atoms with van der Waals surface area (Å²) in [5, 5.41) is 3.19. The maximum atomic E-state index is 10.4. The van der Waals surface area contributed by atoms with E-state index >= 15 is 0 Å². The molecule has 13 heavy (non-hydrogen) atoms. The summed E-state index contributed by atoms with van der Waals surface area (Å²) in [6.07, 6.45) is 1.03. The zero-order valence-corrected chi connectivity index (χ0v) is 7.73. The molecule has 3 N–H and O–H groups in total. The van der Waals surface area contributed by atoms with Crippen molar-refractivity contribution < 1.29 is 8.76 Å². The van der Waals surface area contributed by atoms with Crippen molar-refractivity contribution in [3.8, 4) is 0 Å². The Morgan fingerprint density at radius 2 is 2.38 bits per heavy atom. The standard InChI is InChI=1S/C8H10N2O2S/c11-13(12)10-7-2-1-6-3-4-9-8(6)5-7/h1-2,5,9-10H,3-4H2,(H,11,12). The lowest BCUT2D eigenvalue weighted by Gasteiger charge is -2.04. The van der Waals surface area contributed by atoms with Crippen LogP contribution in [0.15, 0.2) is 18.2 Å². The molecule has 1 heterocycles. The smallest absolute Gasteiger partial charge is 0.259 e. The van der Waals surface area contributed by atoms with Crippen molar-refractivity contribution in [3.05, 3.63) is 23.8 Å². The molecule has 1 aromatic rings. The van der Waals surface area contributed by atoms with Crippen LogP contribution in [0.25, 0.3) is 0 Å². The Morgan fingerprint density at radius 1 is 1.54 bits per heavy atom. The van der Waals surface area contributed by atoms with Gasteiger partial charge in [0, 0.05) is 12.2 Å². The van der Waals surface area contributed by atoms with E-state index in [0.717, 1.165) is 18.7 Å². The number of nitrogens with one attached hydrogen (secondary N) is 2. The van der Waals surface area contributed by atoms with Gasteiger partial charge in [0.1, 0.15) is 0 Å². The van der Waals surface area contributed by atoms with Gasteiger partial charge < -0.3 is 5.32 Å². The Kier molecular flexibility index (Phi) is 2.20. The lowest BCUT2D eigenvalue weighted by atomic mass is 10.1. The Balaban J connectivity index is 2.25. The first-order valence-corrected chi connectivity index (χ1v) is 5.11. The Morgan fingerprint density at radius 3 is 3.15 bits per heavy atom. The van der Waals surface area contributed by atoms with Crippen molar-refractivity contribution in [2.75, 3.05) is 16.6 Å². The molecular weight excluding hydrogens is 188 g/mol. The SMILES string of the molecule is O=S(O)Nc1ccc2c(c1)NCC2. The average molecular weight is 198 g/mol. The number of anilines is 2. The Labute approximate surface area is 78.8 Å². The fourth-order valence-electron chi connectivity index (χ4n) is 1.46. The Hall–Kier alpha value is -1.07. The minimum Gasteiger partial charge on any atom is -0.384 e. The molecule has 1 atom stereocenters. The number of rotatable bonds is 2. The second-order valence-electron chi connectivity index (χ2n) is 2.90. The van der Waals surface area contributed by atoms with E-state index in [-0.39, 0.29) is 0 Å². The predicted molar refractivity (Wildman–Crippen MR) is 53.0 cm³/mol. The first-order valence-electron chi connectivity index (χ1n) is 4.00. The molecule has 0 fully saturated rings. The average Bonchev–Trinajstić information content (AvgIpc) is 2.49. The highest BCUT2D eigenvalue weighted by atomic mass is 32.2. The largest absolute Gasteiger partial charge is 0.384 e. The van der Waals surface area contributed by atoms with Gasteiger partial charge in [-0.3, -0.25) is 9.27 Å². The van der Waals surface area contributed by atoms with Gasteiger partial charge in [0.25, 0.3) is 11.3 Å². The number of fused-ring (bicyclic) bond motifs is 1. The summed E-state index contributed by atoms with van der Waals surface area (Å²) in [6, 6.07) is 5.61. The van der Waals surface area contributed by atoms with Crippen LogP contribution in [0, 0.1) is 0 Å². The van der Waals surface area contributed by atoms with E-state index in [1.54, 1.807) is 6.07 Å². The summed E-state index contributed by atoms with van der Waals surface area (Å²) in [5.41, 5.74) is 2.97. The highest BCUT2D eigenvalue weighted by molar-refractivity contribution is 7.80. The quantitative estimate of drug-likeness (QED) is 0.626. The van der Waals surface area contributed by atoms with Gasteiger partial charge in [-0.25, -0.2) is 4.21 Å². The lowest BCUT2D eigenvalue weighted by Crippen LogP contribution is -2.01. The summed E-state index contributed by atoms with van der Waals surface area (Å²) < 4.78 is 21.5. The van der Waals surface area contributed by atoms with Crippen LogP contribution < -0.4 is 10.0 Å². The predicted octanol–water partition coefficient (Wildman–Crippen LogP) is 1.20. The third kappa shape index (κ3) is 1.81. The van der Waals surface area contributed by atoms with Gasteiger partial charge in [0.05, 0.1) is 5.69 Å². The molecule has 4 nitrogen and oxygen atoms in total. The van der Waals surface area contributed by atoms with E-state index in [9.17, 15) is 4.21 Å². The molecular formula is C8H10N2O2S. The van der Waals surface area contributed by atoms with E-state index in [0.29, 0.717) is 5.69 Å². The summed E-state index contributed by atoms with van der Waals surface area (Å²) in [6.45, 7) is 0.945. The van der Waals surface area contributed by atoms with Crippen molar-refractivity contribution in [1.29, 1.82) is 0 Å². The van der Waals surface area contributed by atoms with Gasteiger partial charge in [-0.1, -0.05) is 6.07 Å². The van der Waals surface area contributed by atoms with Crippen LogP contribution in [-0.4, -0.2) is 15.3 Å². The van der Waals surface area contributed by atoms with Gasteiger partial charge in [-0.05, 0) is 24.1 Å². The van der Waals surface area contributed by atoms with E-state index in [1.807, 2.05) is 12.1 Å². The van der Waals surface area contributed by atoms with Gasteiger partial charge in [0.15, 0.2) is 0 Å². The molecule has 0 bridgehead atoms. The van der Waals surface area contributed by atoms with Crippen LogP contribution >= 0.6 is 0 Å². The van der Waals surface area contributed by atoms with Crippen LogP contribution in [0.2, 0.25) is 0 Å². The van der Waals surface area contributed by atoms with Crippen LogP contribution in [0.1, 0.15) is 5.56 Å². The first-order chi connectivity index (χ1) is 6.25. The fraction of sp³-hybridized carbons (Fsp3) is 0.250. The molecule has 1 unspecified atom stereocenters. The van der Waals surface area contributed by atoms with Crippen molar-refractivity contribution in [3.63, 3.8) is 0 Å². The van der Waals surface area contributed by atoms with Gasteiger partial charge in [0.2, 0.25) is 0 Å². The minimum absolute atomic E-state index is 0.661. The van der Waals surface area contributed by atoms with Crippen molar-refractivity contribution in [2.24, 2.45) is 0 Å². The first kappa shape index (κ1) is 8.52. The molecule has 0 amide bonds. The summed E-state index contributed by atoms with van der Waals surface area (Å²) in [5.74, 6) is 0. The molecule has 2 rings (SSSR count). The fourth-order valence-corrected chi connectivity index (χ4v) is 1.78. The van der Waals surface area contributed by atoms with E-state index in [1.165, 1.54) is 5.56 Å². The molecule has 0 saturated heterocycles. The molecule has 0 aliphatic carbocycles. The third-order valence-corrected chi connectivity index (χ3v) is 2.44. The van der Waals surface area contributed by atoms with Crippen molar-refractivity contribution >= 4 is 22.6 Å². The van der Waals surface area contributed by atoms with Crippen molar-refractivity contribution in [2.45, 2.75) is 6.42 Å². The van der Waals surface area contributed by atoms with Crippen LogP contribution in [0.5, 0.6) is 0 Å². The molecule has 0 aromatic heterocycles. The third-order valence-electron chi connectivity index (χ3n) is 2.02. The van der Waals surface area contributed by atoms with E-state index in [4.69, 9.17) is 4.55 Å². The molecule has 0 radical (unpaired) electrons. The number of benzene rings is 1. The molecule has 5 heteroatoms. The van der Waals surface area contributed by atoms with Gasteiger partial charge in [-0.15, -0.1) is 0 Å². The number of hydrogen-bond donors (Lipinski definition) is 3. The highest BCUT2D eigenvalue weighted by Gasteiger charge is 2.09. The van der Waals surface area contributed by atoms with Crippen LogP contribution in [0.4, 0.5) is 11.4 Å². The minimum atomic E-state index is -1.99. The zero-order chi connectivity index (χ0) is 9.26. The monoisotopic (exact) mass is 198 g/mol. The molecule has 0 spiro atoms. The van der Waals surface area contributed by atoms with Crippen molar-refractivity contribution in [1.82, 2.24) is 0 Å². The van der Waals surface area contributed by atoms with E-state index < -0.39 is 11.3 Å². The van der Waals surface area contributed by atoms with Crippen LogP contribution in [0.3, 0.4) is 0 Å². The van der Waals surface area contributed by atoms with E-state index in [2.05, 4.69) is 10.0 Å². The molecule has 1 aromatic carbocycles. The Bertz CT molecular complexity index is 354. The summed E-state index contributed by atoms with van der Waals surface area (Å²) in [7, 11) is 0. The normalized spacial score (nSPS) is 16.1. The molecule has 70 valence electrons. The molecule has 0 saturated carbocycles. The van der Waals surface area contributed by atoms with Gasteiger partial charge >= 0.3 is 0 Å². The summed E-state index contributed by atoms with van der Waals surface area (Å²) in [4.78, 5) is 0. The van der Waals surface area contributed by atoms with Crippen LogP contribution in [-0.2, 0) is 17.7 Å². The maximum absolute atomic E-state index is 10.4. The molecule has 1 aliphatic heterocycles. The summed E-state index contributed by atoms with van der Waals surface area (Å²) >= 11 is -1.99. The maximum Gasteiger partial charge on any atom is 0.259 e. The second kappa shape index (κ2) is 3.35.